The predicted octanol–water partition coefficient (Wildman–Crippen LogP) is 5.91. The van der Waals surface area contributed by atoms with Crippen LogP contribution in [-0.2, 0) is 6.54 Å². The number of benzene rings is 2. The predicted molar refractivity (Wildman–Crippen MR) is 105 cm³/mol. The van der Waals surface area contributed by atoms with Crippen LogP contribution in [0.5, 0.6) is 0 Å². The van der Waals surface area contributed by atoms with Crippen molar-refractivity contribution in [2.45, 2.75) is 6.54 Å². The van der Waals surface area contributed by atoms with E-state index in [1.165, 1.54) is 0 Å². The normalized spacial score (nSPS) is 10.7. The van der Waals surface area contributed by atoms with Crippen LogP contribution in [0.2, 0.25) is 15.1 Å². The summed E-state index contributed by atoms with van der Waals surface area (Å²) in [6.07, 6.45) is 1.78. The number of amides is 1. The number of nitrogens with zero attached hydrogens (tertiary/aromatic N) is 2. The number of rotatable bonds is 4. The minimum atomic E-state index is -0.384. The van der Waals surface area contributed by atoms with Crippen LogP contribution < -0.4 is 5.32 Å². The summed E-state index contributed by atoms with van der Waals surface area (Å²) in [6.45, 7) is 0.545. The maximum atomic E-state index is 12.4. The maximum Gasteiger partial charge on any atom is 0.258 e. The molecule has 0 unspecified atom stereocenters. The molecule has 128 valence electrons. The third-order valence-electron chi connectivity index (χ3n) is 3.40. The Morgan fingerprint density at radius 2 is 1.84 bits per heavy atom. The average molecular weight is 460 g/mol. The fourth-order valence-electron chi connectivity index (χ4n) is 2.19. The first-order valence-corrected chi connectivity index (χ1v) is 9.09. The van der Waals surface area contributed by atoms with E-state index in [1.54, 1.807) is 29.1 Å². The van der Waals surface area contributed by atoms with Crippen LogP contribution in [0.15, 0.2) is 53.1 Å². The molecule has 1 aromatic heterocycles. The van der Waals surface area contributed by atoms with Crippen LogP contribution in [0.4, 0.5) is 5.82 Å². The lowest BCUT2D eigenvalue weighted by Gasteiger charge is -2.06. The number of nitrogens with one attached hydrogen (secondary N) is 1. The Hall–Kier alpha value is -1.53. The topological polar surface area (TPSA) is 46.9 Å². The Morgan fingerprint density at radius 1 is 1.12 bits per heavy atom. The first-order valence-electron chi connectivity index (χ1n) is 7.17. The number of aromatic nitrogens is 2. The molecule has 0 saturated heterocycles. The molecule has 3 rings (SSSR count). The van der Waals surface area contributed by atoms with E-state index < -0.39 is 0 Å². The van der Waals surface area contributed by atoms with Gasteiger partial charge in [0.1, 0.15) is 0 Å². The van der Waals surface area contributed by atoms with Gasteiger partial charge in [0.25, 0.3) is 5.91 Å². The Bertz CT molecular complexity index is 925. The highest BCUT2D eigenvalue weighted by Crippen LogP contribution is 2.27. The van der Waals surface area contributed by atoms with Gasteiger partial charge < -0.3 is 5.32 Å². The molecule has 0 radical (unpaired) electrons. The molecule has 0 aliphatic rings. The van der Waals surface area contributed by atoms with E-state index in [4.69, 9.17) is 34.8 Å². The lowest BCUT2D eigenvalue weighted by molar-refractivity contribution is 0.102. The molecule has 2 aromatic carbocycles. The summed E-state index contributed by atoms with van der Waals surface area (Å²) in [4.78, 5) is 12.4. The van der Waals surface area contributed by atoms with Crippen LogP contribution in [-0.4, -0.2) is 15.7 Å². The van der Waals surface area contributed by atoms with Gasteiger partial charge in [-0.2, -0.15) is 5.10 Å². The zero-order valence-electron chi connectivity index (χ0n) is 12.6. The molecule has 3 aromatic rings. The van der Waals surface area contributed by atoms with Crippen LogP contribution >= 0.6 is 50.7 Å². The van der Waals surface area contributed by atoms with E-state index in [0.717, 1.165) is 5.56 Å². The van der Waals surface area contributed by atoms with Gasteiger partial charge in [0, 0.05) is 11.2 Å². The van der Waals surface area contributed by atoms with Crippen molar-refractivity contribution in [2.24, 2.45) is 0 Å². The molecule has 1 N–H and O–H groups in total. The molecule has 0 aliphatic carbocycles. The van der Waals surface area contributed by atoms with Crippen molar-refractivity contribution in [3.05, 3.63) is 79.3 Å². The minimum absolute atomic E-state index is 0.207. The Labute approximate surface area is 167 Å². The highest BCUT2D eigenvalue weighted by molar-refractivity contribution is 9.10. The zero-order valence-corrected chi connectivity index (χ0v) is 16.5. The molecule has 4 nitrogen and oxygen atoms in total. The summed E-state index contributed by atoms with van der Waals surface area (Å²) in [7, 11) is 0. The van der Waals surface area contributed by atoms with Crippen LogP contribution in [0.25, 0.3) is 0 Å². The molecule has 1 amide bonds. The molecule has 0 spiro atoms. The molecule has 0 fully saturated rings. The van der Waals surface area contributed by atoms with Crippen molar-refractivity contribution in [2.75, 3.05) is 5.32 Å². The van der Waals surface area contributed by atoms with Crippen molar-refractivity contribution in [1.29, 1.82) is 0 Å². The summed E-state index contributed by atoms with van der Waals surface area (Å²) in [6, 6.07) is 12.4. The van der Waals surface area contributed by atoms with E-state index in [1.807, 2.05) is 24.3 Å². The number of halogens is 4. The summed E-state index contributed by atoms with van der Waals surface area (Å²) in [5, 5.41) is 8.31. The van der Waals surface area contributed by atoms with Crippen LogP contribution in [0.3, 0.4) is 0 Å². The second-order valence-electron chi connectivity index (χ2n) is 5.21. The molecule has 0 atom stereocenters. The van der Waals surface area contributed by atoms with Crippen LogP contribution in [0.1, 0.15) is 15.9 Å². The Morgan fingerprint density at radius 3 is 2.56 bits per heavy atom. The summed E-state index contributed by atoms with van der Waals surface area (Å²) < 4.78 is 2.37. The van der Waals surface area contributed by atoms with E-state index in [2.05, 4.69) is 26.3 Å². The largest absolute Gasteiger partial charge is 0.304 e. The molecule has 0 saturated carbocycles. The highest BCUT2D eigenvalue weighted by atomic mass is 79.9. The third-order valence-corrected chi connectivity index (χ3v) is 5.05. The van der Waals surface area contributed by atoms with Gasteiger partial charge in [-0.25, -0.2) is 0 Å². The van der Waals surface area contributed by atoms with Crippen molar-refractivity contribution in [1.82, 2.24) is 9.78 Å². The van der Waals surface area contributed by atoms with Crippen molar-refractivity contribution in [3.8, 4) is 0 Å². The van der Waals surface area contributed by atoms with Crippen molar-refractivity contribution < 1.29 is 4.79 Å². The third kappa shape index (κ3) is 4.36. The SMILES string of the molecule is O=C(Nc1nn(Cc2ccc(Cl)cc2)cc1Br)c1cccc(Cl)c1Cl. The van der Waals surface area contributed by atoms with Gasteiger partial charge in [-0.05, 0) is 45.8 Å². The highest BCUT2D eigenvalue weighted by Gasteiger charge is 2.16. The maximum absolute atomic E-state index is 12.4. The second kappa shape index (κ2) is 7.79. The fraction of sp³-hybridized carbons (Fsp3) is 0.0588. The smallest absolute Gasteiger partial charge is 0.258 e. The Balaban J connectivity index is 1.77. The molecule has 25 heavy (non-hydrogen) atoms. The van der Waals surface area contributed by atoms with E-state index in [9.17, 15) is 4.79 Å². The number of carbonyl (C=O) groups excluding carboxylic acids is 1. The number of hydrogen-bond acceptors (Lipinski definition) is 2. The lowest BCUT2D eigenvalue weighted by Crippen LogP contribution is -2.13. The van der Waals surface area contributed by atoms with Gasteiger partial charge in [0.2, 0.25) is 0 Å². The average Bonchev–Trinajstić information content (AvgIpc) is 2.91. The molecular formula is C17H11BrCl3N3O. The standard InChI is InChI=1S/C17H11BrCl3N3O/c18-13-9-24(8-10-4-6-11(19)7-5-10)23-16(13)22-17(25)12-2-1-3-14(20)15(12)21/h1-7,9H,8H2,(H,22,23,25). The van der Waals surface area contributed by atoms with Gasteiger partial charge in [-0.3, -0.25) is 9.48 Å². The van der Waals surface area contributed by atoms with Gasteiger partial charge in [0.15, 0.2) is 5.82 Å². The monoisotopic (exact) mass is 457 g/mol. The first-order chi connectivity index (χ1) is 11.9. The molecule has 0 bridgehead atoms. The fourth-order valence-corrected chi connectivity index (χ4v) is 3.12. The van der Waals surface area contributed by atoms with Gasteiger partial charge >= 0.3 is 0 Å². The molecule has 0 aliphatic heterocycles. The Kier molecular flexibility index (Phi) is 5.69. The van der Waals surface area contributed by atoms with Crippen molar-refractivity contribution >= 4 is 62.5 Å². The van der Waals surface area contributed by atoms with E-state index in [0.29, 0.717) is 26.9 Å². The van der Waals surface area contributed by atoms with Gasteiger partial charge in [0.05, 0.1) is 26.6 Å². The minimum Gasteiger partial charge on any atom is -0.304 e. The van der Waals surface area contributed by atoms with E-state index >= 15 is 0 Å². The molecule has 8 heteroatoms. The quantitative estimate of drug-likeness (QED) is 0.528. The first kappa shape index (κ1) is 18.3. The van der Waals surface area contributed by atoms with E-state index in [-0.39, 0.29) is 16.5 Å². The number of hydrogen-bond donors (Lipinski definition) is 1. The summed E-state index contributed by atoms with van der Waals surface area (Å²) >= 11 is 21.3. The second-order valence-corrected chi connectivity index (χ2v) is 7.28. The van der Waals surface area contributed by atoms with Crippen molar-refractivity contribution in [3.63, 3.8) is 0 Å². The lowest BCUT2D eigenvalue weighted by atomic mass is 10.2. The summed E-state index contributed by atoms with van der Waals surface area (Å²) in [5.41, 5.74) is 1.32. The summed E-state index contributed by atoms with van der Waals surface area (Å²) in [5.74, 6) is 0.0138. The zero-order chi connectivity index (χ0) is 18.0. The number of carbonyl (C=O) groups is 1. The molecule has 1 heterocycles. The van der Waals surface area contributed by atoms with Gasteiger partial charge in [-0.15, -0.1) is 0 Å². The number of anilines is 1. The van der Waals surface area contributed by atoms with Crippen LogP contribution in [0, 0.1) is 0 Å². The van der Waals surface area contributed by atoms with Gasteiger partial charge in [-0.1, -0.05) is 53.0 Å². The molecular weight excluding hydrogens is 448 g/mol.